The van der Waals surface area contributed by atoms with E-state index in [2.05, 4.69) is 6.92 Å². The number of nitrogens with one attached hydrogen (secondary N) is 1. The first kappa shape index (κ1) is 17.1. The zero-order valence-electron chi connectivity index (χ0n) is 12.1. The van der Waals surface area contributed by atoms with Crippen molar-refractivity contribution in [1.82, 2.24) is 0 Å². The third kappa shape index (κ3) is 11.6. The van der Waals surface area contributed by atoms with Crippen LogP contribution in [-0.4, -0.2) is 18.3 Å². The Morgan fingerprint density at radius 1 is 0.889 bits per heavy atom. The molecule has 0 atom stereocenters. The second-order valence-electron chi connectivity index (χ2n) is 4.94. The van der Waals surface area contributed by atoms with Gasteiger partial charge in [0.1, 0.15) is 5.71 Å². The first-order valence-electron chi connectivity index (χ1n) is 7.40. The van der Waals surface area contributed by atoms with Gasteiger partial charge in [0.15, 0.2) is 0 Å². The van der Waals surface area contributed by atoms with E-state index >= 15 is 0 Å². The molecule has 0 heterocycles. The van der Waals surface area contributed by atoms with Gasteiger partial charge in [0.25, 0.3) is 0 Å². The van der Waals surface area contributed by atoms with Crippen molar-refractivity contribution in [2.45, 2.75) is 78.1 Å². The van der Waals surface area contributed by atoms with E-state index < -0.39 is 5.97 Å². The zero-order chi connectivity index (χ0) is 13.6. The molecule has 18 heavy (non-hydrogen) atoms. The molecule has 0 aromatic heterocycles. The van der Waals surface area contributed by atoms with Crippen molar-refractivity contribution in [3.8, 4) is 0 Å². The molecule has 0 unspecified atom stereocenters. The van der Waals surface area contributed by atoms with Crippen LogP contribution in [0.1, 0.15) is 78.1 Å². The molecule has 106 valence electrons. The normalized spacial score (nSPS) is 10.3. The van der Waals surface area contributed by atoms with E-state index in [1.165, 1.54) is 58.3 Å². The Hall–Kier alpha value is -0.860. The summed E-state index contributed by atoms with van der Waals surface area (Å²) >= 11 is 0. The standard InChI is InChI=1S/C15H29NO2/c1-3-4-5-6-7-8-9-10-11-12-13-18-15(17)14(2)16/h16H,3-13H2,1-2H3. The summed E-state index contributed by atoms with van der Waals surface area (Å²) in [5.41, 5.74) is -0.0120. The molecule has 0 bridgehead atoms. The highest BCUT2D eigenvalue weighted by Gasteiger charge is 2.03. The maximum absolute atomic E-state index is 11.0. The molecule has 0 aromatic rings. The Morgan fingerprint density at radius 3 is 1.78 bits per heavy atom. The number of rotatable bonds is 12. The van der Waals surface area contributed by atoms with E-state index in [0.717, 1.165) is 12.8 Å². The van der Waals surface area contributed by atoms with E-state index in [0.29, 0.717) is 6.61 Å². The Kier molecular flexibility index (Phi) is 12.0. The second-order valence-corrected chi connectivity index (χ2v) is 4.94. The molecule has 0 amide bonds. The summed E-state index contributed by atoms with van der Waals surface area (Å²) < 4.78 is 4.91. The van der Waals surface area contributed by atoms with Gasteiger partial charge >= 0.3 is 5.97 Å². The summed E-state index contributed by atoms with van der Waals surface area (Å²) in [6, 6.07) is 0. The van der Waals surface area contributed by atoms with Crippen molar-refractivity contribution in [3.05, 3.63) is 0 Å². The SMILES string of the molecule is CCCCCCCCCCCCOC(=O)C(C)=N. The third-order valence-corrected chi connectivity index (χ3v) is 3.04. The number of unbranched alkanes of at least 4 members (excludes halogenated alkanes) is 9. The largest absolute Gasteiger partial charge is 0.461 e. The highest BCUT2D eigenvalue weighted by molar-refractivity contribution is 6.33. The minimum absolute atomic E-state index is 0.0120. The van der Waals surface area contributed by atoms with Crippen molar-refractivity contribution < 1.29 is 9.53 Å². The van der Waals surface area contributed by atoms with Gasteiger partial charge in [0.05, 0.1) is 6.61 Å². The van der Waals surface area contributed by atoms with Crippen LogP contribution in [-0.2, 0) is 9.53 Å². The molecule has 0 aromatic carbocycles. The second kappa shape index (κ2) is 12.6. The van der Waals surface area contributed by atoms with E-state index in [1.54, 1.807) is 0 Å². The fourth-order valence-corrected chi connectivity index (χ4v) is 1.86. The van der Waals surface area contributed by atoms with Crippen LogP contribution >= 0.6 is 0 Å². The molecular weight excluding hydrogens is 226 g/mol. The quantitative estimate of drug-likeness (QED) is 0.317. The third-order valence-electron chi connectivity index (χ3n) is 3.04. The summed E-state index contributed by atoms with van der Waals surface area (Å²) in [5, 5.41) is 7.07. The highest BCUT2D eigenvalue weighted by atomic mass is 16.5. The summed E-state index contributed by atoms with van der Waals surface area (Å²) in [5.74, 6) is -0.481. The van der Waals surface area contributed by atoms with Crippen molar-refractivity contribution in [1.29, 1.82) is 5.41 Å². The molecule has 0 saturated heterocycles. The van der Waals surface area contributed by atoms with Crippen molar-refractivity contribution in [3.63, 3.8) is 0 Å². The Balaban J connectivity index is 3.07. The lowest BCUT2D eigenvalue weighted by molar-refractivity contribution is -0.135. The fourth-order valence-electron chi connectivity index (χ4n) is 1.86. The van der Waals surface area contributed by atoms with Crippen molar-refractivity contribution in [2.24, 2.45) is 0 Å². The minimum Gasteiger partial charge on any atom is -0.461 e. The number of carbonyl (C=O) groups is 1. The number of hydrogen-bond acceptors (Lipinski definition) is 3. The maximum atomic E-state index is 11.0. The van der Waals surface area contributed by atoms with Crippen molar-refractivity contribution >= 4 is 11.7 Å². The number of carbonyl (C=O) groups excluding carboxylic acids is 1. The van der Waals surface area contributed by atoms with Gasteiger partial charge in [-0.05, 0) is 13.3 Å². The molecule has 0 rings (SSSR count). The molecule has 3 nitrogen and oxygen atoms in total. The molecule has 0 aliphatic heterocycles. The zero-order valence-corrected chi connectivity index (χ0v) is 12.1. The van der Waals surface area contributed by atoms with E-state index in [4.69, 9.17) is 10.1 Å². The van der Waals surface area contributed by atoms with Crippen LogP contribution < -0.4 is 0 Å². The first-order chi connectivity index (χ1) is 8.68. The molecular formula is C15H29NO2. The van der Waals surface area contributed by atoms with Crippen LogP contribution in [0.5, 0.6) is 0 Å². The Morgan fingerprint density at radius 2 is 1.33 bits per heavy atom. The molecule has 0 spiro atoms. The van der Waals surface area contributed by atoms with Crippen LogP contribution in [0.3, 0.4) is 0 Å². The lowest BCUT2D eigenvalue weighted by atomic mass is 10.1. The van der Waals surface area contributed by atoms with Gasteiger partial charge in [-0.15, -0.1) is 0 Å². The van der Waals surface area contributed by atoms with Crippen LogP contribution in [0, 0.1) is 5.41 Å². The van der Waals surface area contributed by atoms with Gasteiger partial charge in [0, 0.05) is 0 Å². The molecule has 0 aliphatic carbocycles. The molecule has 0 aliphatic rings. The van der Waals surface area contributed by atoms with Gasteiger partial charge in [0.2, 0.25) is 0 Å². The van der Waals surface area contributed by atoms with Gasteiger partial charge in [-0.1, -0.05) is 64.7 Å². The van der Waals surface area contributed by atoms with Gasteiger partial charge in [-0.2, -0.15) is 0 Å². The lowest BCUT2D eigenvalue weighted by Gasteiger charge is -2.04. The van der Waals surface area contributed by atoms with Crippen LogP contribution in [0.15, 0.2) is 0 Å². The van der Waals surface area contributed by atoms with E-state index in [1.807, 2.05) is 0 Å². The molecule has 0 fully saturated rings. The molecule has 0 radical (unpaired) electrons. The number of hydrogen-bond donors (Lipinski definition) is 1. The molecule has 0 saturated carbocycles. The van der Waals surface area contributed by atoms with Crippen molar-refractivity contribution in [2.75, 3.05) is 6.61 Å². The van der Waals surface area contributed by atoms with Crippen LogP contribution in [0.2, 0.25) is 0 Å². The molecule has 3 heteroatoms. The van der Waals surface area contributed by atoms with Crippen LogP contribution in [0.25, 0.3) is 0 Å². The topological polar surface area (TPSA) is 50.2 Å². The smallest absolute Gasteiger partial charge is 0.351 e. The number of esters is 1. The minimum atomic E-state index is -0.481. The van der Waals surface area contributed by atoms with Gasteiger partial charge in [-0.25, -0.2) is 4.79 Å². The van der Waals surface area contributed by atoms with Crippen LogP contribution in [0.4, 0.5) is 0 Å². The van der Waals surface area contributed by atoms with Gasteiger partial charge in [-0.3, -0.25) is 5.41 Å². The summed E-state index contributed by atoms with van der Waals surface area (Å²) in [6.07, 6.45) is 12.7. The monoisotopic (exact) mass is 255 g/mol. The Bertz CT molecular complexity index is 227. The average Bonchev–Trinajstić information content (AvgIpc) is 2.35. The predicted molar refractivity (Wildman–Crippen MR) is 76.2 cm³/mol. The Labute approximate surface area is 112 Å². The lowest BCUT2D eigenvalue weighted by Crippen LogP contribution is -2.13. The van der Waals surface area contributed by atoms with Gasteiger partial charge < -0.3 is 4.74 Å². The fraction of sp³-hybridized carbons (Fsp3) is 0.867. The summed E-state index contributed by atoms with van der Waals surface area (Å²) in [7, 11) is 0. The van der Waals surface area contributed by atoms with E-state index in [9.17, 15) is 4.79 Å². The predicted octanol–water partition coefficient (Wildman–Crippen LogP) is 4.49. The molecule has 1 N–H and O–H groups in total. The highest BCUT2D eigenvalue weighted by Crippen LogP contribution is 2.10. The summed E-state index contributed by atoms with van der Waals surface area (Å²) in [4.78, 5) is 11.0. The summed E-state index contributed by atoms with van der Waals surface area (Å²) in [6.45, 7) is 4.17. The number of ether oxygens (including phenoxy) is 1. The maximum Gasteiger partial charge on any atom is 0.351 e. The average molecular weight is 255 g/mol. The van der Waals surface area contributed by atoms with E-state index in [-0.39, 0.29) is 5.71 Å². The first-order valence-corrected chi connectivity index (χ1v) is 7.40.